The zero-order valence-electron chi connectivity index (χ0n) is 10.2. The van der Waals surface area contributed by atoms with Crippen molar-refractivity contribution in [2.75, 3.05) is 18.1 Å². The van der Waals surface area contributed by atoms with Crippen LogP contribution < -0.4 is 0 Å². The van der Waals surface area contributed by atoms with E-state index in [9.17, 15) is 5.11 Å². The Balaban J connectivity index is 1.77. The lowest BCUT2D eigenvalue weighted by Crippen LogP contribution is -2.16. The fourth-order valence-electron chi connectivity index (χ4n) is 1.90. The monoisotopic (exact) mass is 278 g/mol. The molecule has 0 spiro atoms. The fourth-order valence-corrected chi connectivity index (χ4v) is 2.74. The van der Waals surface area contributed by atoms with E-state index in [0.717, 1.165) is 17.1 Å². The lowest BCUT2D eigenvalue weighted by Gasteiger charge is -2.18. The Labute approximate surface area is 115 Å². The fraction of sp³-hybridized carbons (Fsp3) is 0.385. The zero-order valence-corrected chi connectivity index (χ0v) is 11.0. The molecule has 1 aromatic carbocycles. The highest BCUT2D eigenvalue weighted by molar-refractivity contribution is 7.99. The lowest BCUT2D eigenvalue weighted by molar-refractivity contribution is 0.0677. The normalized spacial score (nSPS) is 21.2. The van der Waals surface area contributed by atoms with Gasteiger partial charge in [0.15, 0.2) is 6.10 Å². The van der Waals surface area contributed by atoms with Crippen LogP contribution in [-0.4, -0.2) is 33.4 Å². The van der Waals surface area contributed by atoms with Gasteiger partial charge < -0.3 is 14.4 Å². The first kappa shape index (κ1) is 12.7. The van der Waals surface area contributed by atoms with E-state index >= 15 is 0 Å². The number of rotatable bonds is 3. The van der Waals surface area contributed by atoms with Gasteiger partial charge in [-0.3, -0.25) is 0 Å². The van der Waals surface area contributed by atoms with Crippen LogP contribution in [0.25, 0.3) is 0 Å². The molecular weight excluding hydrogens is 264 g/mol. The predicted octanol–water partition coefficient (Wildman–Crippen LogP) is 1.96. The van der Waals surface area contributed by atoms with Crippen LogP contribution in [-0.2, 0) is 4.74 Å². The first-order valence-corrected chi connectivity index (χ1v) is 7.26. The number of hydrogen-bond acceptors (Lipinski definition) is 6. The molecule has 3 rings (SSSR count). The Bertz CT molecular complexity index is 526. The Kier molecular flexibility index (Phi) is 3.82. The Morgan fingerprint density at radius 2 is 2.16 bits per heavy atom. The summed E-state index contributed by atoms with van der Waals surface area (Å²) in [6, 6.07) is 9.25. The van der Waals surface area contributed by atoms with Crippen molar-refractivity contribution in [3.63, 3.8) is 0 Å². The van der Waals surface area contributed by atoms with Crippen LogP contribution in [0.3, 0.4) is 0 Å². The van der Waals surface area contributed by atoms with Gasteiger partial charge in [0.05, 0.1) is 6.61 Å². The predicted molar refractivity (Wildman–Crippen MR) is 70.8 cm³/mol. The standard InChI is InChI=1S/C13H14N2O3S/c16-11(9-4-2-1-3-5-9)13-14-12(15-18-13)10-8-19-7-6-17-10/h1-5,10-11,16H,6-8H2. The molecule has 2 unspecified atom stereocenters. The number of aliphatic hydroxyl groups is 1. The summed E-state index contributed by atoms with van der Waals surface area (Å²) in [6.45, 7) is 0.695. The Morgan fingerprint density at radius 3 is 2.89 bits per heavy atom. The third-order valence-electron chi connectivity index (χ3n) is 2.91. The molecule has 1 fully saturated rings. The van der Waals surface area contributed by atoms with Crippen molar-refractivity contribution < 1.29 is 14.4 Å². The maximum atomic E-state index is 10.2. The van der Waals surface area contributed by atoms with Crippen LogP contribution in [0.5, 0.6) is 0 Å². The van der Waals surface area contributed by atoms with Gasteiger partial charge in [0, 0.05) is 11.5 Å². The number of nitrogens with zero attached hydrogens (tertiary/aromatic N) is 2. The third kappa shape index (κ3) is 2.80. The first-order valence-electron chi connectivity index (χ1n) is 6.10. The number of ether oxygens (including phenoxy) is 1. The molecule has 1 saturated heterocycles. The molecule has 1 N–H and O–H groups in total. The number of aromatic nitrogens is 2. The summed E-state index contributed by atoms with van der Waals surface area (Å²) in [6.07, 6.45) is -1.03. The van der Waals surface area contributed by atoms with Crippen molar-refractivity contribution in [1.82, 2.24) is 10.1 Å². The smallest absolute Gasteiger partial charge is 0.260 e. The molecule has 1 aromatic heterocycles. The second kappa shape index (κ2) is 5.73. The molecule has 1 aliphatic rings. The summed E-state index contributed by atoms with van der Waals surface area (Å²) < 4.78 is 10.7. The Morgan fingerprint density at radius 1 is 1.32 bits per heavy atom. The van der Waals surface area contributed by atoms with Gasteiger partial charge in [-0.05, 0) is 5.56 Å². The van der Waals surface area contributed by atoms with E-state index in [-0.39, 0.29) is 12.0 Å². The molecule has 100 valence electrons. The SMILES string of the molecule is OC(c1ccccc1)c1nc(C2CSCCO2)no1. The second-order valence-electron chi connectivity index (χ2n) is 4.24. The van der Waals surface area contributed by atoms with E-state index in [1.807, 2.05) is 30.3 Å². The van der Waals surface area contributed by atoms with Crippen LogP contribution >= 0.6 is 11.8 Å². The first-order chi connectivity index (χ1) is 9.34. The van der Waals surface area contributed by atoms with E-state index < -0.39 is 6.10 Å². The van der Waals surface area contributed by atoms with E-state index in [2.05, 4.69) is 10.1 Å². The summed E-state index contributed by atoms with van der Waals surface area (Å²) in [5, 5.41) is 14.1. The number of benzene rings is 1. The van der Waals surface area contributed by atoms with Gasteiger partial charge in [-0.25, -0.2) is 0 Å². The number of thioether (sulfide) groups is 1. The van der Waals surface area contributed by atoms with Crippen molar-refractivity contribution >= 4 is 11.8 Å². The van der Waals surface area contributed by atoms with Crippen LogP contribution in [0.1, 0.15) is 29.5 Å². The van der Waals surface area contributed by atoms with Crippen LogP contribution in [0.4, 0.5) is 0 Å². The molecular formula is C13H14N2O3S. The average Bonchev–Trinajstić information content (AvgIpc) is 2.98. The van der Waals surface area contributed by atoms with Gasteiger partial charge in [0.1, 0.15) is 6.10 Å². The minimum absolute atomic E-state index is 0.140. The van der Waals surface area contributed by atoms with Crippen molar-refractivity contribution in [3.05, 3.63) is 47.6 Å². The average molecular weight is 278 g/mol. The molecule has 2 atom stereocenters. The van der Waals surface area contributed by atoms with Gasteiger partial charge in [-0.2, -0.15) is 16.7 Å². The topological polar surface area (TPSA) is 68.4 Å². The minimum atomic E-state index is -0.890. The van der Waals surface area contributed by atoms with Gasteiger partial charge in [-0.15, -0.1) is 0 Å². The second-order valence-corrected chi connectivity index (χ2v) is 5.39. The molecule has 5 nitrogen and oxygen atoms in total. The molecule has 19 heavy (non-hydrogen) atoms. The van der Waals surface area contributed by atoms with Gasteiger partial charge in [0.2, 0.25) is 5.82 Å². The quantitative estimate of drug-likeness (QED) is 0.925. The van der Waals surface area contributed by atoms with E-state index in [0.29, 0.717) is 12.4 Å². The van der Waals surface area contributed by atoms with Crippen LogP contribution in [0, 0.1) is 0 Å². The highest BCUT2D eigenvalue weighted by Gasteiger charge is 2.24. The molecule has 0 bridgehead atoms. The van der Waals surface area contributed by atoms with Gasteiger partial charge >= 0.3 is 0 Å². The molecule has 0 amide bonds. The van der Waals surface area contributed by atoms with Crippen LogP contribution in [0.2, 0.25) is 0 Å². The van der Waals surface area contributed by atoms with Crippen molar-refractivity contribution in [3.8, 4) is 0 Å². The van der Waals surface area contributed by atoms with Crippen molar-refractivity contribution in [2.24, 2.45) is 0 Å². The van der Waals surface area contributed by atoms with E-state index in [4.69, 9.17) is 9.26 Å². The third-order valence-corrected chi connectivity index (χ3v) is 3.90. The molecule has 2 heterocycles. The van der Waals surface area contributed by atoms with E-state index in [1.54, 1.807) is 11.8 Å². The summed E-state index contributed by atoms with van der Waals surface area (Å²) in [7, 11) is 0. The molecule has 0 radical (unpaired) electrons. The highest BCUT2D eigenvalue weighted by Crippen LogP contribution is 2.26. The van der Waals surface area contributed by atoms with E-state index in [1.165, 1.54) is 0 Å². The summed E-state index contributed by atoms with van der Waals surface area (Å²) >= 11 is 1.80. The zero-order chi connectivity index (χ0) is 13.1. The Hall–Kier alpha value is -1.37. The minimum Gasteiger partial charge on any atom is -0.378 e. The van der Waals surface area contributed by atoms with Crippen molar-refractivity contribution in [1.29, 1.82) is 0 Å². The maximum absolute atomic E-state index is 10.2. The molecule has 2 aromatic rings. The summed E-state index contributed by atoms with van der Waals surface area (Å²) in [4.78, 5) is 4.24. The molecule has 0 saturated carbocycles. The molecule has 6 heteroatoms. The highest BCUT2D eigenvalue weighted by atomic mass is 32.2. The maximum Gasteiger partial charge on any atom is 0.260 e. The molecule has 0 aliphatic carbocycles. The molecule has 1 aliphatic heterocycles. The largest absolute Gasteiger partial charge is 0.378 e. The summed E-state index contributed by atoms with van der Waals surface area (Å²) in [5.41, 5.74) is 0.733. The van der Waals surface area contributed by atoms with Gasteiger partial charge in [-0.1, -0.05) is 35.5 Å². The number of aliphatic hydroxyl groups excluding tert-OH is 1. The van der Waals surface area contributed by atoms with Gasteiger partial charge in [0.25, 0.3) is 5.89 Å². The number of hydrogen-bond donors (Lipinski definition) is 1. The lowest BCUT2D eigenvalue weighted by atomic mass is 10.1. The van der Waals surface area contributed by atoms with Crippen LogP contribution in [0.15, 0.2) is 34.9 Å². The summed E-state index contributed by atoms with van der Waals surface area (Å²) in [5.74, 6) is 2.53. The van der Waals surface area contributed by atoms with Crippen molar-refractivity contribution in [2.45, 2.75) is 12.2 Å².